The summed E-state index contributed by atoms with van der Waals surface area (Å²) in [4.78, 5) is 11.1. The van der Waals surface area contributed by atoms with E-state index in [4.69, 9.17) is 5.73 Å². The lowest BCUT2D eigenvalue weighted by atomic mass is 10.00. The molecule has 0 saturated heterocycles. The SMILES string of the molecule is CC(C)(N)CCc1ccc([N+](=O)[O-])s1. The third-order valence-corrected chi connectivity index (χ3v) is 2.94. The highest BCUT2D eigenvalue weighted by atomic mass is 32.1. The minimum absolute atomic E-state index is 0.204. The van der Waals surface area contributed by atoms with E-state index in [1.807, 2.05) is 13.8 Å². The van der Waals surface area contributed by atoms with Crippen LogP contribution in [0.15, 0.2) is 12.1 Å². The zero-order chi connectivity index (χ0) is 10.8. The van der Waals surface area contributed by atoms with E-state index >= 15 is 0 Å². The number of thiophene rings is 1. The van der Waals surface area contributed by atoms with Crippen molar-refractivity contribution < 1.29 is 4.92 Å². The van der Waals surface area contributed by atoms with Crippen molar-refractivity contribution in [3.63, 3.8) is 0 Å². The summed E-state index contributed by atoms with van der Waals surface area (Å²) in [6, 6.07) is 3.35. The Labute approximate surface area is 86.9 Å². The molecule has 0 saturated carbocycles. The largest absolute Gasteiger partial charge is 0.326 e. The summed E-state index contributed by atoms with van der Waals surface area (Å²) in [5, 5.41) is 10.6. The smallest absolute Gasteiger partial charge is 0.324 e. The third-order valence-electron chi connectivity index (χ3n) is 1.84. The van der Waals surface area contributed by atoms with Gasteiger partial charge < -0.3 is 5.73 Å². The standard InChI is InChI=1S/C9H14N2O2S/c1-9(2,10)6-5-7-3-4-8(14-7)11(12)13/h3-4H,5-6,10H2,1-2H3. The Kier molecular flexibility index (Phi) is 3.23. The van der Waals surface area contributed by atoms with Crippen LogP contribution in [0.3, 0.4) is 0 Å². The van der Waals surface area contributed by atoms with Gasteiger partial charge in [-0.25, -0.2) is 0 Å². The maximum absolute atomic E-state index is 10.4. The molecule has 0 aromatic carbocycles. The third kappa shape index (κ3) is 3.43. The monoisotopic (exact) mass is 214 g/mol. The van der Waals surface area contributed by atoms with E-state index in [2.05, 4.69) is 0 Å². The van der Waals surface area contributed by atoms with Gasteiger partial charge >= 0.3 is 5.00 Å². The van der Waals surface area contributed by atoms with Gasteiger partial charge in [-0.3, -0.25) is 10.1 Å². The summed E-state index contributed by atoms with van der Waals surface area (Å²) in [7, 11) is 0. The van der Waals surface area contributed by atoms with E-state index < -0.39 is 0 Å². The molecule has 5 heteroatoms. The van der Waals surface area contributed by atoms with Crippen LogP contribution in [0.4, 0.5) is 5.00 Å². The number of nitro groups is 1. The van der Waals surface area contributed by atoms with Crippen molar-refractivity contribution in [3.8, 4) is 0 Å². The van der Waals surface area contributed by atoms with Gasteiger partial charge in [0.25, 0.3) is 0 Å². The lowest BCUT2D eigenvalue weighted by Gasteiger charge is -2.16. The first-order valence-electron chi connectivity index (χ1n) is 4.40. The van der Waals surface area contributed by atoms with Gasteiger partial charge in [-0.05, 0) is 32.8 Å². The molecule has 4 nitrogen and oxygen atoms in total. The minimum Gasteiger partial charge on any atom is -0.326 e. The number of rotatable bonds is 4. The minimum atomic E-state index is -0.359. The van der Waals surface area contributed by atoms with E-state index in [0.717, 1.165) is 17.7 Å². The summed E-state index contributed by atoms with van der Waals surface area (Å²) in [6.45, 7) is 3.91. The van der Waals surface area contributed by atoms with Crippen molar-refractivity contribution in [3.05, 3.63) is 27.1 Å². The van der Waals surface area contributed by atoms with Crippen molar-refractivity contribution in [1.82, 2.24) is 0 Å². The van der Waals surface area contributed by atoms with Crippen LogP contribution in [0.2, 0.25) is 0 Å². The second-order valence-corrected chi connectivity index (χ2v) is 5.13. The van der Waals surface area contributed by atoms with Crippen molar-refractivity contribution in [2.45, 2.75) is 32.2 Å². The van der Waals surface area contributed by atoms with Crippen LogP contribution in [0, 0.1) is 10.1 Å². The molecular formula is C9H14N2O2S. The van der Waals surface area contributed by atoms with Crippen LogP contribution in [0.1, 0.15) is 25.1 Å². The maximum atomic E-state index is 10.4. The lowest BCUT2D eigenvalue weighted by Crippen LogP contribution is -2.32. The average Bonchev–Trinajstić information content (AvgIpc) is 2.47. The first-order chi connectivity index (χ1) is 6.38. The van der Waals surface area contributed by atoms with E-state index in [0.29, 0.717) is 0 Å². The number of hydrogen-bond donors (Lipinski definition) is 1. The number of nitrogens with zero attached hydrogens (tertiary/aromatic N) is 1. The summed E-state index contributed by atoms with van der Waals surface area (Å²) in [5.41, 5.74) is 5.61. The van der Waals surface area contributed by atoms with Crippen molar-refractivity contribution in [2.24, 2.45) is 5.73 Å². The molecule has 1 rings (SSSR count). The fraction of sp³-hybridized carbons (Fsp3) is 0.556. The fourth-order valence-corrected chi connectivity index (χ4v) is 1.86. The number of nitrogens with two attached hydrogens (primary N) is 1. The fourth-order valence-electron chi connectivity index (χ4n) is 1.04. The van der Waals surface area contributed by atoms with Crippen LogP contribution in [0.25, 0.3) is 0 Å². The van der Waals surface area contributed by atoms with E-state index in [9.17, 15) is 10.1 Å². The van der Waals surface area contributed by atoms with Gasteiger partial charge in [-0.2, -0.15) is 0 Å². The predicted molar refractivity (Wildman–Crippen MR) is 57.6 cm³/mol. The molecule has 0 atom stereocenters. The molecule has 1 aromatic rings. The number of hydrogen-bond acceptors (Lipinski definition) is 4. The first kappa shape index (κ1) is 11.1. The van der Waals surface area contributed by atoms with Crippen LogP contribution in [-0.2, 0) is 6.42 Å². The molecule has 78 valence electrons. The molecule has 0 radical (unpaired) electrons. The van der Waals surface area contributed by atoms with Crippen LogP contribution < -0.4 is 5.73 Å². The molecule has 14 heavy (non-hydrogen) atoms. The molecule has 0 unspecified atom stereocenters. The highest BCUT2D eigenvalue weighted by molar-refractivity contribution is 7.15. The van der Waals surface area contributed by atoms with E-state index in [1.54, 1.807) is 12.1 Å². The molecule has 0 bridgehead atoms. The summed E-state index contributed by atoms with van der Waals surface area (Å²) >= 11 is 1.23. The van der Waals surface area contributed by atoms with E-state index in [1.165, 1.54) is 11.3 Å². The Morgan fingerprint density at radius 3 is 2.64 bits per heavy atom. The Hall–Kier alpha value is -0.940. The Morgan fingerprint density at radius 2 is 2.21 bits per heavy atom. The lowest BCUT2D eigenvalue weighted by molar-refractivity contribution is -0.380. The van der Waals surface area contributed by atoms with Gasteiger partial charge in [-0.15, -0.1) is 0 Å². The van der Waals surface area contributed by atoms with Gasteiger partial charge in [0.15, 0.2) is 0 Å². The Bertz CT molecular complexity index is 328. The van der Waals surface area contributed by atoms with Crippen molar-refractivity contribution >= 4 is 16.3 Å². The molecular weight excluding hydrogens is 200 g/mol. The molecule has 2 N–H and O–H groups in total. The normalized spacial score (nSPS) is 11.6. The zero-order valence-corrected chi connectivity index (χ0v) is 9.13. The summed E-state index contributed by atoms with van der Waals surface area (Å²) in [6.07, 6.45) is 1.65. The molecule has 0 aliphatic heterocycles. The van der Waals surface area contributed by atoms with Crippen LogP contribution >= 0.6 is 11.3 Å². The van der Waals surface area contributed by atoms with Gasteiger partial charge in [0.05, 0.1) is 4.92 Å². The highest BCUT2D eigenvalue weighted by Gasteiger charge is 2.13. The Morgan fingerprint density at radius 1 is 1.57 bits per heavy atom. The molecule has 0 aliphatic rings. The molecule has 0 amide bonds. The topological polar surface area (TPSA) is 69.2 Å². The van der Waals surface area contributed by atoms with Crippen LogP contribution in [-0.4, -0.2) is 10.5 Å². The summed E-state index contributed by atoms with van der Waals surface area (Å²) in [5.74, 6) is 0. The van der Waals surface area contributed by atoms with Gasteiger partial charge in [-0.1, -0.05) is 11.3 Å². The molecule has 1 heterocycles. The van der Waals surface area contributed by atoms with Gasteiger partial charge in [0.1, 0.15) is 0 Å². The van der Waals surface area contributed by atoms with Crippen molar-refractivity contribution in [1.29, 1.82) is 0 Å². The number of aryl methyl sites for hydroxylation is 1. The maximum Gasteiger partial charge on any atom is 0.324 e. The summed E-state index contributed by atoms with van der Waals surface area (Å²) < 4.78 is 0. The molecule has 0 fully saturated rings. The highest BCUT2D eigenvalue weighted by Crippen LogP contribution is 2.25. The quantitative estimate of drug-likeness (QED) is 0.617. The van der Waals surface area contributed by atoms with Crippen LogP contribution in [0.5, 0.6) is 0 Å². The average molecular weight is 214 g/mol. The predicted octanol–water partition coefficient (Wildman–Crippen LogP) is 2.33. The second kappa shape index (κ2) is 4.06. The molecule has 0 spiro atoms. The van der Waals surface area contributed by atoms with E-state index in [-0.39, 0.29) is 15.5 Å². The second-order valence-electron chi connectivity index (χ2n) is 3.99. The first-order valence-corrected chi connectivity index (χ1v) is 5.22. The molecule has 1 aromatic heterocycles. The molecule has 0 aliphatic carbocycles. The van der Waals surface area contributed by atoms with Gasteiger partial charge in [0, 0.05) is 16.5 Å². The Balaban J connectivity index is 2.56. The van der Waals surface area contributed by atoms with Crippen molar-refractivity contribution in [2.75, 3.05) is 0 Å². The van der Waals surface area contributed by atoms with Gasteiger partial charge in [0.2, 0.25) is 0 Å². The zero-order valence-electron chi connectivity index (χ0n) is 8.32.